The Bertz CT molecular complexity index is 511. The van der Waals surface area contributed by atoms with Gasteiger partial charge in [-0.05, 0) is 44.4 Å². The summed E-state index contributed by atoms with van der Waals surface area (Å²) in [6, 6.07) is 7.40. The molecule has 21 heavy (non-hydrogen) atoms. The fourth-order valence-corrected chi connectivity index (χ4v) is 3.68. The van der Waals surface area contributed by atoms with Crippen molar-refractivity contribution in [1.29, 1.82) is 0 Å². The Labute approximate surface area is 125 Å². The number of nitrogens with zero attached hydrogens (tertiary/aromatic N) is 2. The van der Waals surface area contributed by atoms with Gasteiger partial charge in [0.05, 0.1) is 0 Å². The van der Waals surface area contributed by atoms with Gasteiger partial charge in [0.25, 0.3) is 0 Å². The number of anilines is 1. The lowest BCUT2D eigenvalue weighted by Crippen LogP contribution is -2.49. The van der Waals surface area contributed by atoms with Gasteiger partial charge in [0.1, 0.15) is 11.6 Å². The van der Waals surface area contributed by atoms with Crippen LogP contribution in [0.2, 0.25) is 0 Å². The standard InChI is InChI=1S/C17H23FN2O/c1-13(21)14-5-6-17(11-14)20-9-7-19(8-10-20)16-4-2-3-15(18)12-16/h2-4,12,14,17H,5-11H2,1H3/t14-,17+/m1/s1. The lowest BCUT2D eigenvalue weighted by atomic mass is 10.0. The predicted octanol–water partition coefficient (Wildman–Crippen LogP) is 2.71. The molecule has 2 aliphatic rings. The molecule has 0 unspecified atom stereocenters. The second-order valence-corrected chi connectivity index (χ2v) is 6.28. The lowest BCUT2D eigenvalue weighted by Gasteiger charge is -2.39. The number of halogens is 1. The van der Waals surface area contributed by atoms with E-state index in [1.165, 1.54) is 6.07 Å². The molecule has 2 atom stereocenters. The van der Waals surface area contributed by atoms with Crippen LogP contribution >= 0.6 is 0 Å². The average Bonchev–Trinajstić information content (AvgIpc) is 2.97. The van der Waals surface area contributed by atoms with Gasteiger partial charge in [0.15, 0.2) is 0 Å². The van der Waals surface area contributed by atoms with E-state index in [1.54, 1.807) is 19.1 Å². The summed E-state index contributed by atoms with van der Waals surface area (Å²) >= 11 is 0. The number of piperazine rings is 1. The molecule has 1 saturated carbocycles. The Balaban J connectivity index is 1.55. The van der Waals surface area contributed by atoms with Gasteiger partial charge in [-0.3, -0.25) is 9.69 Å². The monoisotopic (exact) mass is 290 g/mol. The van der Waals surface area contributed by atoms with E-state index in [4.69, 9.17) is 0 Å². The SMILES string of the molecule is CC(=O)[C@@H]1CC[C@H](N2CCN(c3cccc(F)c3)CC2)C1. The molecular formula is C17H23FN2O. The van der Waals surface area contributed by atoms with Gasteiger partial charge in [-0.25, -0.2) is 4.39 Å². The second-order valence-electron chi connectivity index (χ2n) is 6.28. The summed E-state index contributed by atoms with van der Waals surface area (Å²) in [5.74, 6) is 0.446. The quantitative estimate of drug-likeness (QED) is 0.855. The van der Waals surface area contributed by atoms with Crippen molar-refractivity contribution in [2.45, 2.75) is 32.2 Å². The normalized spacial score (nSPS) is 27.0. The van der Waals surface area contributed by atoms with Crippen LogP contribution in [0, 0.1) is 11.7 Å². The zero-order chi connectivity index (χ0) is 14.8. The Morgan fingerprint density at radius 1 is 1.19 bits per heavy atom. The van der Waals surface area contributed by atoms with Crippen molar-refractivity contribution in [3.63, 3.8) is 0 Å². The van der Waals surface area contributed by atoms with Crippen LogP contribution in [0.1, 0.15) is 26.2 Å². The molecule has 0 radical (unpaired) electrons. The summed E-state index contributed by atoms with van der Waals surface area (Å²) in [5.41, 5.74) is 0.975. The minimum absolute atomic E-state index is 0.171. The molecule has 1 aliphatic heterocycles. The van der Waals surface area contributed by atoms with E-state index in [0.29, 0.717) is 11.8 Å². The van der Waals surface area contributed by atoms with E-state index >= 15 is 0 Å². The number of carbonyl (C=O) groups excluding carboxylic acids is 1. The fraction of sp³-hybridized carbons (Fsp3) is 0.588. The molecule has 1 aromatic rings. The highest BCUT2D eigenvalue weighted by atomic mass is 19.1. The molecule has 0 N–H and O–H groups in total. The molecule has 2 fully saturated rings. The van der Waals surface area contributed by atoms with Crippen molar-refractivity contribution in [2.75, 3.05) is 31.1 Å². The molecule has 0 bridgehead atoms. The van der Waals surface area contributed by atoms with E-state index < -0.39 is 0 Å². The van der Waals surface area contributed by atoms with Gasteiger partial charge in [0, 0.05) is 43.8 Å². The molecule has 1 saturated heterocycles. The first-order valence-corrected chi connectivity index (χ1v) is 7.88. The van der Waals surface area contributed by atoms with Crippen LogP contribution < -0.4 is 4.90 Å². The highest BCUT2D eigenvalue weighted by Gasteiger charge is 2.32. The minimum atomic E-state index is -0.171. The van der Waals surface area contributed by atoms with Gasteiger partial charge in [-0.1, -0.05) is 6.07 Å². The van der Waals surface area contributed by atoms with Gasteiger partial charge in [-0.15, -0.1) is 0 Å². The van der Waals surface area contributed by atoms with Crippen LogP contribution in [0.15, 0.2) is 24.3 Å². The zero-order valence-corrected chi connectivity index (χ0v) is 12.6. The van der Waals surface area contributed by atoms with Crippen LogP contribution in [-0.2, 0) is 4.79 Å². The summed E-state index contributed by atoms with van der Waals surface area (Å²) in [7, 11) is 0. The maximum Gasteiger partial charge on any atom is 0.132 e. The Kier molecular flexibility index (Phi) is 4.24. The topological polar surface area (TPSA) is 23.6 Å². The molecule has 0 amide bonds. The molecule has 1 aromatic carbocycles. The van der Waals surface area contributed by atoms with Crippen molar-refractivity contribution >= 4 is 11.5 Å². The number of benzene rings is 1. The highest BCUT2D eigenvalue weighted by molar-refractivity contribution is 5.78. The van der Waals surface area contributed by atoms with Gasteiger partial charge in [0.2, 0.25) is 0 Å². The molecule has 0 aromatic heterocycles. The maximum atomic E-state index is 13.3. The summed E-state index contributed by atoms with van der Waals surface area (Å²) in [4.78, 5) is 16.2. The molecular weight excluding hydrogens is 267 g/mol. The summed E-state index contributed by atoms with van der Waals surface area (Å²) in [6.45, 7) is 5.60. The Morgan fingerprint density at radius 3 is 2.57 bits per heavy atom. The summed E-state index contributed by atoms with van der Waals surface area (Å²) < 4.78 is 13.3. The van der Waals surface area contributed by atoms with E-state index in [2.05, 4.69) is 9.80 Å². The van der Waals surface area contributed by atoms with Crippen LogP contribution in [0.25, 0.3) is 0 Å². The fourth-order valence-electron chi connectivity index (χ4n) is 3.68. The third-order valence-corrected chi connectivity index (χ3v) is 4.98. The first-order chi connectivity index (χ1) is 10.1. The van der Waals surface area contributed by atoms with Gasteiger partial charge >= 0.3 is 0 Å². The van der Waals surface area contributed by atoms with Crippen LogP contribution in [0.3, 0.4) is 0 Å². The first-order valence-electron chi connectivity index (χ1n) is 7.88. The van der Waals surface area contributed by atoms with Crippen molar-refractivity contribution in [3.05, 3.63) is 30.1 Å². The van der Waals surface area contributed by atoms with E-state index in [9.17, 15) is 9.18 Å². The Morgan fingerprint density at radius 2 is 1.95 bits per heavy atom. The molecule has 3 rings (SSSR count). The smallest absolute Gasteiger partial charge is 0.132 e. The number of ketones is 1. The van der Waals surface area contributed by atoms with Crippen molar-refractivity contribution < 1.29 is 9.18 Å². The number of hydrogen-bond donors (Lipinski definition) is 0. The highest BCUT2D eigenvalue weighted by Crippen LogP contribution is 2.31. The average molecular weight is 290 g/mol. The van der Waals surface area contributed by atoms with Crippen LogP contribution in [0.4, 0.5) is 10.1 Å². The maximum absolute atomic E-state index is 13.3. The molecule has 1 heterocycles. The minimum Gasteiger partial charge on any atom is -0.369 e. The number of Topliss-reactive ketones (excluding diaryl/α,β-unsaturated/α-hetero) is 1. The molecule has 0 spiro atoms. The largest absolute Gasteiger partial charge is 0.369 e. The predicted molar refractivity (Wildman–Crippen MR) is 82.0 cm³/mol. The van der Waals surface area contributed by atoms with E-state index in [0.717, 1.165) is 51.1 Å². The van der Waals surface area contributed by atoms with Crippen molar-refractivity contribution in [1.82, 2.24) is 4.90 Å². The van der Waals surface area contributed by atoms with Gasteiger partial charge < -0.3 is 4.90 Å². The molecule has 1 aliphatic carbocycles. The van der Waals surface area contributed by atoms with E-state index in [1.807, 2.05) is 6.07 Å². The first kappa shape index (κ1) is 14.5. The Hall–Kier alpha value is -1.42. The number of carbonyl (C=O) groups is 1. The third kappa shape index (κ3) is 3.26. The molecule has 4 heteroatoms. The number of hydrogen-bond acceptors (Lipinski definition) is 3. The van der Waals surface area contributed by atoms with Crippen molar-refractivity contribution in [2.24, 2.45) is 5.92 Å². The van der Waals surface area contributed by atoms with Crippen LogP contribution in [0.5, 0.6) is 0 Å². The second kappa shape index (κ2) is 6.14. The van der Waals surface area contributed by atoms with Gasteiger partial charge in [-0.2, -0.15) is 0 Å². The molecule has 114 valence electrons. The van der Waals surface area contributed by atoms with E-state index in [-0.39, 0.29) is 11.7 Å². The zero-order valence-electron chi connectivity index (χ0n) is 12.6. The van der Waals surface area contributed by atoms with Crippen molar-refractivity contribution in [3.8, 4) is 0 Å². The molecule has 3 nitrogen and oxygen atoms in total. The summed E-state index contributed by atoms with van der Waals surface area (Å²) in [6.07, 6.45) is 3.21. The number of rotatable bonds is 3. The van der Waals surface area contributed by atoms with Crippen LogP contribution in [-0.4, -0.2) is 42.9 Å². The third-order valence-electron chi connectivity index (χ3n) is 4.98. The summed E-state index contributed by atoms with van der Waals surface area (Å²) in [5, 5.41) is 0. The lowest BCUT2D eigenvalue weighted by molar-refractivity contribution is -0.120.